The van der Waals surface area contributed by atoms with Crippen molar-refractivity contribution in [3.63, 3.8) is 0 Å². The van der Waals surface area contributed by atoms with E-state index in [0.717, 1.165) is 57.6 Å². The maximum atomic E-state index is 13.5. The molecular weight excluding hydrogens is 530 g/mol. The molecule has 2 atom stereocenters. The standard InChI is InChI=1S/C33H37N5O2S/c1-21(2)37-19-25(26-9-4-5-10-29(26)37)16-27(34)33(40)35-28-17-24-8-6-11-30(36-14-7-12-31(36)39)32(24)38(22(28)3)18-23-13-15-41-20-23/h4-6,8-11,13,15,19-21,27-28H,3,7,12,14,16-18,34H2,1-2H3,(H,35,40)/t27-,28?/m1/s1. The number of rotatable bonds is 8. The molecule has 3 N–H and O–H groups in total. The SMILES string of the molecule is C=C1C(NC(=O)[C@H](N)Cc2cn(C(C)C)c3ccccc23)Cc2cccc(N3CCCC3=O)c2N1Cc1ccsc1. The predicted octanol–water partition coefficient (Wildman–Crippen LogP) is 5.54. The fourth-order valence-electron chi connectivity index (χ4n) is 6.20. The quantitative estimate of drug-likeness (QED) is 0.293. The van der Waals surface area contributed by atoms with E-state index in [9.17, 15) is 9.59 Å². The fraction of sp³-hybridized carbons (Fsp3) is 0.333. The average Bonchev–Trinajstić information content (AvgIpc) is 3.71. The molecule has 0 aliphatic carbocycles. The second kappa shape index (κ2) is 11.2. The molecule has 0 bridgehead atoms. The Kier molecular flexibility index (Phi) is 7.45. The molecule has 2 aromatic carbocycles. The highest BCUT2D eigenvalue weighted by Crippen LogP contribution is 2.42. The van der Waals surface area contributed by atoms with E-state index in [1.807, 2.05) is 29.2 Å². The molecule has 2 aromatic heterocycles. The summed E-state index contributed by atoms with van der Waals surface area (Å²) in [4.78, 5) is 30.3. The monoisotopic (exact) mass is 567 g/mol. The summed E-state index contributed by atoms with van der Waals surface area (Å²) in [5.41, 5.74) is 13.8. The summed E-state index contributed by atoms with van der Waals surface area (Å²) in [6, 6.07) is 15.8. The number of carbonyl (C=O) groups excluding carboxylic acids is 2. The summed E-state index contributed by atoms with van der Waals surface area (Å²) < 4.78 is 2.24. The van der Waals surface area contributed by atoms with Crippen LogP contribution in [0.2, 0.25) is 0 Å². The maximum absolute atomic E-state index is 13.5. The smallest absolute Gasteiger partial charge is 0.237 e. The van der Waals surface area contributed by atoms with Crippen molar-refractivity contribution in [3.05, 3.63) is 94.5 Å². The first kappa shape index (κ1) is 27.3. The zero-order chi connectivity index (χ0) is 28.7. The number of nitrogens with one attached hydrogen (secondary N) is 1. The van der Waals surface area contributed by atoms with Crippen LogP contribution in [0.15, 0.2) is 77.8 Å². The minimum atomic E-state index is -0.700. The van der Waals surface area contributed by atoms with Crippen molar-refractivity contribution in [1.29, 1.82) is 0 Å². The van der Waals surface area contributed by atoms with E-state index in [0.29, 0.717) is 31.8 Å². The highest BCUT2D eigenvalue weighted by molar-refractivity contribution is 7.07. The minimum absolute atomic E-state index is 0.153. The Balaban J connectivity index is 1.26. The molecule has 7 nitrogen and oxygen atoms in total. The van der Waals surface area contributed by atoms with Crippen molar-refractivity contribution in [2.75, 3.05) is 16.3 Å². The molecule has 4 aromatic rings. The van der Waals surface area contributed by atoms with Crippen molar-refractivity contribution >= 4 is 45.4 Å². The van der Waals surface area contributed by atoms with E-state index in [-0.39, 0.29) is 17.9 Å². The van der Waals surface area contributed by atoms with Crippen LogP contribution in [-0.4, -0.2) is 35.0 Å². The number of para-hydroxylation sites is 2. The van der Waals surface area contributed by atoms with Gasteiger partial charge in [-0.3, -0.25) is 9.59 Å². The molecule has 0 saturated carbocycles. The lowest BCUT2D eigenvalue weighted by Crippen LogP contribution is -2.51. The molecule has 4 heterocycles. The van der Waals surface area contributed by atoms with E-state index in [4.69, 9.17) is 5.73 Å². The zero-order valence-electron chi connectivity index (χ0n) is 23.7. The lowest BCUT2D eigenvalue weighted by atomic mass is 9.93. The summed E-state index contributed by atoms with van der Waals surface area (Å²) in [6.45, 7) is 10.1. The molecule has 1 fully saturated rings. The number of nitrogens with zero attached hydrogens (tertiary/aromatic N) is 3. The second-order valence-electron chi connectivity index (χ2n) is 11.4. The van der Waals surface area contributed by atoms with Gasteiger partial charge in [-0.2, -0.15) is 11.3 Å². The van der Waals surface area contributed by atoms with Crippen molar-refractivity contribution in [2.24, 2.45) is 5.73 Å². The van der Waals surface area contributed by atoms with Gasteiger partial charge >= 0.3 is 0 Å². The number of carbonyl (C=O) groups is 2. The average molecular weight is 568 g/mol. The number of anilines is 2. The largest absolute Gasteiger partial charge is 0.346 e. The van der Waals surface area contributed by atoms with Crippen molar-refractivity contribution in [2.45, 2.75) is 64.2 Å². The third-order valence-corrected chi connectivity index (χ3v) is 9.03. The molecule has 1 unspecified atom stereocenters. The highest BCUT2D eigenvalue weighted by Gasteiger charge is 2.35. The van der Waals surface area contributed by atoms with Crippen LogP contribution in [0.5, 0.6) is 0 Å². The van der Waals surface area contributed by atoms with Crippen LogP contribution in [0.25, 0.3) is 10.9 Å². The van der Waals surface area contributed by atoms with E-state index >= 15 is 0 Å². The Morgan fingerprint density at radius 2 is 2.00 bits per heavy atom. The molecule has 0 spiro atoms. The molecule has 2 aliphatic heterocycles. The van der Waals surface area contributed by atoms with Gasteiger partial charge in [0.2, 0.25) is 11.8 Å². The molecule has 2 aliphatic rings. The van der Waals surface area contributed by atoms with Gasteiger partial charge in [-0.05, 0) is 72.3 Å². The number of nitrogens with two attached hydrogens (primary N) is 1. The fourth-order valence-corrected chi connectivity index (χ4v) is 6.86. The molecule has 2 amide bonds. The number of benzene rings is 2. The molecule has 1 saturated heterocycles. The zero-order valence-corrected chi connectivity index (χ0v) is 24.5. The third-order valence-electron chi connectivity index (χ3n) is 8.30. The lowest BCUT2D eigenvalue weighted by molar-refractivity contribution is -0.122. The molecule has 212 valence electrons. The van der Waals surface area contributed by atoms with Gasteiger partial charge in [0.25, 0.3) is 0 Å². The van der Waals surface area contributed by atoms with Gasteiger partial charge in [-0.25, -0.2) is 0 Å². The second-order valence-corrected chi connectivity index (χ2v) is 12.2. The molecular formula is C33H37N5O2S. The molecule has 0 radical (unpaired) electrons. The lowest BCUT2D eigenvalue weighted by Gasteiger charge is -2.40. The summed E-state index contributed by atoms with van der Waals surface area (Å²) in [5, 5.41) is 8.55. The van der Waals surface area contributed by atoms with Crippen molar-refractivity contribution < 1.29 is 9.59 Å². The van der Waals surface area contributed by atoms with Crippen LogP contribution in [-0.2, 0) is 29.0 Å². The van der Waals surface area contributed by atoms with Crippen LogP contribution in [0, 0.1) is 0 Å². The maximum Gasteiger partial charge on any atom is 0.237 e. The van der Waals surface area contributed by atoms with Gasteiger partial charge in [0, 0.05) is 54.8 Å². The van der Waals surface area contributed by atoms with E-state index in [2.05, 4.69) is 76.4 Å². The van der Waals surface area contributed by atoms with Gasteiger partial charge in [0.1, 0.15) is 0 Å². The number of thiophene rings is 1. The Morgan fingerprint density at radius 3 is 2.73 bits per heavy atom. The van der Waals surface area contributed by atoms with Gasteiger partial charge in [0.15, 0.2) is 0 Å². The van der Waals surface area contributed by atoms with Crippen LogP contribution >= 0.6 is 11.3 Å². The number of hydrogen-bond acceptors (Lipinski definition) is 5. The Morgan fingerprint density at radius 1 is 1.17 bits per heavy atom. The molecule has 6 rings (SSSR count). The van der Waals surface area contributed by atoms with E-state index < -0.39 is 6.04 Å². The Labute approximate surface area is 245 Å². The number of fused-ring (bicyclic) bond motifs is 2. The molecule has 8 heteroatoms. The van der Waals surface area contributed by atoms with E-state index in [1.54, 1.807) is 11.3 Å². The van der Waals surface area contributed by atoms with E-state index in [1.165, 1.54) is 0 Å². The minimum Gasteiger partial charge on any atom is -0.346 e. The molecule has 41 heavy (non-hydrogen) atoms. The highest BCUT2D eigenvalue weighted by atomic mass is 32.1. The topological polar surface area (TPSA) is 83.6 Å². The first-order valence-electron chi connectivity index (χ1n) is 14.4. The summed E-state index contributed by atoms with van der Waals surface area (Å²) in [7, 11) is 0. The first-order valence-corrected chi connectivity index (χ1v) is 15.3. The third kappa shape index (κ3) is 5.18. The van der Waals surface area contributed by atoms with Crippen LogP contribution in [0.4, 0.5) is 11.4 Å². The Bertz CT molecular complexity index is 1610. The van der Waals surface area contributed by atoms with Crippen LogP contribution in [0.3, 0.4) is 0 Å². The summed E-state index contributed by atoms with van der Waals surface area (Å²) in [5.74, 6) is -0.0398. The Hall–Kier alpha value is -3.88. The summed E-state index contributed by atoms with van der Waals surface area (Å²) >= 11 is 1.65. The van der Waals surface area contributed by atoms with Crippen LogP contribution in [0.1, 0.15) is 49.4 Å². The number of aromatic nitrogens is 1. The van der Waals surface area contributed by atoms with Crippen molar-refractivity contribution in [3.8, 4) is 0 Å². The first-order chi connectivity index (χ1) is 19.8. The van der Waals surface area contributed by atoms with Gasteiger partial charge < -0.3 is 25.4 Å². The van der Waals surface area contributed by atoms with Gasteiger partial charge in [0.05, 0.1) is 23.5 Å². The van der Waals surface area contributed by atoms with Gasteiger partial charge in [-0.15, -0.1) is 0 Å². The van der Waals surface area contributed by atoms with Gasteiger partial charge in [-0.1, -0.05) is 36.9 Å². The van der Waals surface area contributed by atoms with Crippen LogP contribution < -0.4 is 20.9 Å². The summed E-state index contributed by atoms with van der Waals surface area (Å²) in [6.07, 6.45) is 4.60. The number of amides is 2. The van der Waals surface area contributed by atoms with Crippen molar-refractivity contribution in [1.82, 2.24) is 9.88 Å². The predicted molar refractivity (Wildman–Crippen MR) is 167 cm³/mol. The normalized spacial score (nSPS) is 17.9. The number of hydrogen-bond donors (Lipinski definition) is 2.